The van der Waals surface area contributed by atoms with E-state index in [4.69, 9.17) is 5.73 Å². The lowest BCUT2D eigenvalue weighted by Gasteiger charge is -2.44. The second kappa shape index (κ2) is 5.74. The van der Waals surface area contributed by atoms with Crippen molar-refractivity contribution >= 4 is 5.91 Å². The minimum atomic E-state index is -0.153. The molecule has 0 radical (unpaired) electrons. The molecule has 1 aromatic carbocycles. The number of nitrogens with two attached hydrogens (primary N) is 1. The summed E-state index contributed by atoms with van der Waals surface area (Å²) < 4.78 is 0. The molecule has 0 saturated carbocycles. The first-order valence-electron chi connectivity index (χ1n) is 7.11. The van der Waals surface area contributed by atoms with Gasteiger partial charge in [0.05, 0.1) is 12.0 Å². The van der Waals surface area contributed by atoms with Crippen LogP contribution in [0.3, 0.4) is 0 Å². The number of carbonyl (C=O) groups is 1. The number of hydrogen-bond donors (Lipinski definition) is 1. The first kappa shape index (κ1) is 14.1. The molecule has 1 aliphatic rings. The Morgan fingerprint density at radius 2 is 2.00 bits per heavy atom. The molecule has 3 heteroatoms. The Hall–Kier alpha value is -1.35. The van der Waals surface area contributed by atoms with Crippen molar-refractivity contribution in [2.45, 2.75) is 45.1 Å². The zero-order chi connectivity index (χ0) is 13.9. The van der Waals surface area contributed by atoms with Crippen molar-refractivity contribution in [3.8, 4) is 0 Å². The second-order valence-corrected chi connectivity index (χ2v) is 5.87. The minimum absolute atomic E-state index is 0.153. The molecular weight excluding hydrogens is 236 g/mol. The monoisotopic (exact) mass is 260 g/mol. The van der Waals surface area contributed by atoms with E-state index in [0.717, 1.165) is 24.9 Å². The number of nitrogens with zero attached hydrogens (tertiary/aromatic N) is 1. The van der Waals surface area contributed by atoms with Crippen LogP contribution in [0, 0.1) is 6.92 Å². The molecule has 1 saturated heterocycles. The van der Waals surface area contributed by atoms with Gasteiger partial charge in [0.25, 0.3) is 0 Å². The number of amides is 1. The topological polar surface area (TPSA) is 46.3 Å². The number of benzene rings is 1. The maximum Gasteiger partial charge on any atom is 0.227 e. The Morgan fingerprint density at radius 3 is 2.63 bits per heavy atom. The summed E-state index contributed by atoms with van der Waals surface area (Å²) in [4.78, 5) is 14.5. The van der Waals surface area contributed by atoms with Crippen molar-refractivity contribution in [3.05, 3.63) is 35.4 Å². The largest absolute Gasteiger partial charge is 0.336 e. The molecule has 1 fully saturated rings. The van der Waals surface area contributed by atoms with Crippen LogP contribution >= 0.6 is 0 Å². The van der Waals surface area contributed by atoms with Gasteiger partial charge in [-0.15, -0.1) is 0 Å². The van der Waals surface area contributed by atoms with E-state index in [-0.39, 0.29) is 11.4 Å². The Balaban J connectivity index is 2.08. The molecule has 1 heterocycles. The molecule has 0 bridgehead atoms. The van der Waals surface area contributed by atoms with Gasteiger partial charge in [0.2, 0.25) is 5.91 Å². The summed E-state index contributed by atoms with van der Waals surface area (Å²) in [5.41, 5.74) is 8.04. The summed E-state index contributed by atoms with van der Waals surface area (Å²) in [5.74, 6) is 0.205. The first-order chi connectivity index (χ1) is 9.05. The highest BCUT2D eigenvalue weighted by atomic mass is 16.2. The van der Waals surface area contributed by atoms with E-state index in [1.807, 2.05) is 17.0 Å². The van der Waals surface area contributed by atoms with Crippen LogP contribution in [-0.4, -0.2) is 29.4 Å². The van der Waals surface area contributed by atoms with Crippen LogP contribution in [0.2, 0.25) is 0 Å². The van der Waals surface area contributed by atoms with Crippen molar-refractivity contribution in [1.82, 2.24) is 4.90 Å². The Kier molecular flexibility index (Phi) is 4.25. The van der Waals surface area contributed by atoms with Crippen molar-refractivity contribution in [1.29, 1.82) is 0 Å². The molecule has 19 heavy (non-hydrogen) atoms. The lowest BCUT2D eigenvalue weighted by Crippen LogP contribution is -2.57. The third-order valence-electron chi connectivity index (χ3n) is 4.22. The average molecular weight is 260 g/mol. The Bertz CT molecular complexity index is 441. The van der Waals surface area contributed by atoms with E-state index >= 15 is 0 Å². The quantitative estimate of drug-likeness (QED) is 0.906. The molecule has 0 aliphatic carbocycles. The third kappa shape index (κ3) is 3.16. The molecule has 1 unspecified atom stereocenters. The summed E-state index contributed by atoms with van der Waals surface area (Å²) in [6, 6.07) is 8.19. The Labute approximate surface area is 115 Å². The molecular formula is C16H24N2O. The fourth-order valence-electron chi connectivity index (χ4n) is 2.79. The smallest absolute Gasteiger partial charge is 0.227 e. The van der Waals surface area contributed by atoms with Crippen LogP contribution in [0.15, 0.2) is 24.3 Å². The van der Waals surface area contributed by atoms with Gasteiger partial charge >= 0.3 is 0 Å². The maximum absolute atomic E-state index is 12.5. The van der Waals surface area contributed by atoms with Crippen molar-refractivity contribution in [2.75, 3.05) is 13.1 Å². The van der Waals surface area contributed by atoms with Crippen molar-refractivity contribution in [3.63, 3.8) is 0 Å². The minimum Gasteiger partial charge on any atom is -0.336 e. The fourth-order valence-corrected chi connectivity index (χ4v) is 2.79. The summed E-state index contributed by atoms with van der Waals surface area (Å²) in [7, 11) is 0. The molecule has 1 aliphatic heterocycles. The second-order valence-electron chi connectivity index (χ2n) is 5.87. The zero-order valence-electron chi connectivity index (χ0n) is 12.0. The number of likely N-dealkylation sites (tertiary alicyclic amines) is 1. The van der Waals surface area contributed by atoms with Gasteiger partial charge in [0, 0.05) is 13.1 Å². The van der Waals surface area contributed by atoms with Gasteiger partial charge in [-0.1, -0.05) is 29.8 Å². The lowest BCUT2D eigenvalue weighted by molar-refractivity contribution is -0.138. The average Bonchev–Trinajstić information content (AvgIpc) is 2.42. The van der Waals surface area contributed by atoms with E-state index in [1.54, 1.807) is 0 Å². The van der Waals surface area contributed by atoms with E-state index in [0.29, 0.717) is 13.0 Å². The molecule has 0 spiro atoms. The first-order valence-corrected chi connectivity index (χ1v) is 7.11. The van der Waals surface area contributed by atoms with E-state index < -0.39 is 0 Å². The predicted octanol–water partition coefficient (Wildman–Crippen LogP) is 2.27. The van der Waals surface area contributed by atoms with Crippen LogP contribution in [0.5, 0.6) is 0 Å². The third-order valence-corrected chi connectivity index (χ3v) is 4.22. The maximum atomic E-state index is 12.5. The van der Waals surface area contributed by atoms with Crippen LogP contribution in [-0.2, 0) is 11.2 Å². The standard InChI is InChI=1S/C16H24N2O/c1-13-5-7-14(8-6-13)11-15(19)18-10-4-3-9-16(18,2)12-17/h5-8H,3-4,9-12,17H2,1-2H3. The number of piperidine rings is 1. The zero-order valence-corrected chi connectivity index (χ0v) is 12.0. The van der Waals surface area contributed by atoms with Gasteiger partial charge in [0.15, 0.2) is 0 Å². The summed E-state index contributed by atoms with van der Waals surface area (Å²) >= 11 is 0. The van der Waals surface area contributed by atoms with Crippen LogP contribution in [0.1, 0.15) is 37.3 Å². The van der Waals surface area contributed by atoms with Gasteiger partial charge in [-0.05, 0) is 38.7 Å². The van der Waals surface area contributed by atoms with Gasteiger partial charge < -0.3 is 10.6 Å². The highest BCUT2D eigenvalue weighted by molar-refractivity contribution is 5.79. The van der Waals surface area contributed by atoms with Crippen LogP contribution in [0.4, 0.5) is 0 Å². The normalized spacial score (nSPS) is 23.4. The summed E-state index contributed by atoms with van der Waals surface area (Å²) in [6.45, 7) is 5.56. The molecule has 0 aromatic heterocycles. The van der Waals surface area contributed by atoms with Crippen molar-refractivity contribution in [2.24, 2.45) is 5.73 Å². The van der Waals surface area contributed by atoms with Crippen LogP contribution in [0.25, 0.3) is 0 Å². The molecule has 1 amide bonds. The highest BCUT2D eigenvalue weighted by Crippen LogP contribution is 2.27. The molecule has 3 nitrogen and oxygen atoms in total. The molecule has 1 atom stereocenters. The Morgan fingerprint density at radius 1 is 1.32 bits per heavy atom. The van der Waals surface area contributed by atoms with Crippen molar-refractivity contribution < 1.29 is 4.79 Å². The van der Waals surface area contributed by atoms with Gasteiger partial charge in [-0.2, -0.15) is 0 Å². The fraction of sp³-hybridized carbons (Fsp3) is 0.562. The highest BCUT2D eigenvalue weighted by Gasteiger charge is 2.35. The van der Waals surface area contributed by atoms with Crippen LogP contribution < -0.4 is 5.73 Å². The predicted molar refractivity (Wildman–Crippen MR) is 77.9 cm³/mol. The lowest BCUT2D eigenvalue weighted by atomic mass is 9.88. The summed E-state index contributed by atoms with van der Waals surface area (Å²) in [5, 5.41) is 0. The molecule has 1 aromatic rings. The SMILES string of the molecule is Cc1ccc(CC(=O)N2CCCCC2(C)CN)cc1. The van der Waals surface area contributed by atoms with E-state index in [2.05, 4.69) is 26.0 Å². The number of carbonyl (C=O) groups excluding carboxylic acids is 1. The number of aryl methyl sites for hydroxylation is 1. The van der Waals surface area contributed by atoms with Gasteiger partial charge in [-0.25, -0.2) is 0 Å². The van der Waals surface area contributed by atoms with E-state index in [1.165, 1.54) is 12.0 Å². The van der Waals surface area contributed by atoms with E-state index in [9.17, 15) is 4.79 Å². The number of hydrogen-bond acceptors (Lipinski definition) is 2. The molecule has 2 rings (SSSR count). The molecule has 2 N–H and O–H groups in total. The summed E-state index contributed by atoms with van der Waals surface area (Å²) in [6.07, 6.45) is 3.76. The number of rotatable bonds is 3. The molecule has 104 valence electrons. The van der Waals surface area contributed by atoms with Gasteiger partial charge in [-0.3, -0.25) is 4.79 Å². The van der Waals surface area contributed by atoms with Gasteiger partial charge in [0.1, 0.15) is 0 Å².